The summed E-state index contributed by atoms with van der Waals surface area (Å²) in [5, 5.41) is 45.8. The summed E-state index contributed by atoms with van der Waals surface area (Å²) in [6.07, 6.45) is 1.49. The van der Waals surface area contributed by atoms with E-state index in [9.17, 15) is 39.2 Å². The van der Waals surface area contributed by atoms with Crippen LogP contribution in [0.25, 0.3) is 17.1 Å². The number of ketones is 2. The summed E-state index contributed by atoms with van der Waals surface area (Å²) in [7, 11) is 3.62. The van der Waals surface area contributed by atoms with Gasteiger partial charge in [0.15, 0.2) is 11.4 Å². The first-order valence-electron chi connectivity index (χ1n) is 16.4. The van der Waals surface area contributed by atoms with E-state index in [1.54, 1.807) is 18.2 Å². The Balaban J connectivity index is 1.20. The lowest BCUT2D eigenvalue weighted by atomic mass is 9.59. The largest absolute Gasteiger partial charge is 0.508 e. The van der Waals surface area contributed by atoms with Crippen LogP contribution in [0.5, 0.6) is 5.75 Å². The Kier molecular flexibility index (Phi) is 7.91. The number of piperidine rings is 1. The second-order valence-corrected chi connectivity index (χ2v) is 13.8. The first kappa shape index (κ1) is 32.6. The number of hydrogen-bond acceptors (Lipinski definition) is 10. The number of primary amides is 1. The molecule has 49 heavy (non-hydrogen) atoms. The van der Waals surface area contributed by atoms with E-state index in [-0.39, 0.29) is 53.4 Å². The maximum Gasteiger partial charge on any atom is 0.255 e. The van der Waals surface area contributed by atoms with Crippen molar-refractivity contribution < 1.29 is 43.6 Å². The molecule has 3 atom stereocenters. The molecule has 1 aliphatic heterocycles. The SMILES string of the molecule is CN(C)c1cc(-c2ccc(CN3CCC(c4ccccc4F)CC3)o2)c(O)c2c1C[C@H]1C[C@H]3CC(=O)C(C(N)=O)=C(O)[C@@]3(O)C(=O)C1=C2O. The highest BCUT2D eigenvalue weighted by Crippen LogP contribution is 2.54. The maximum absolute atomic E-state index is 14.3. The molecule has 2 aromatic carbocycles. The minimum atomic E-state index is -2.63. The van der Waals surface area contributed by atoms with Crippen LogP contribution in [0.3, 0.4) is 0 Å². The Morgan fingerprint density at radius 3 is 2.45 bits per heavy atom. The molecule has 7 rings (SSSR count). The molecule has 11 nitrogen and oxygen atoms in total. The average Bonchev–Trinajstić information content (AvgIpc) is 3.51. The second kappa shape index (κ2) is 11.9. The lowest BCUT2D eigenvalue weighted by Crippen LogP contribution is -2.58. The number of likely N-dealkylation sites (tertiary alicyclic amines) is 1. The molecular formula is C37H38FN3O8. The Hall–Kier alpha value is -4.94. The Labute approximate surface area is 281 Å². The van der Waals surface area contributed by atoms with Crippen molar-refractivity contribution in [1.82, 2.24) is 4.90 Å². The number of Topliss-reactive ketones (excluding diaryl/α,β-unsaturated/α-hetero) is 2. The number of phenolic OH excluding ortho intramolecular Hbond substituents is 1. The fourth-order valence-corrected chi connectivity index (χ4v) is 8.29. The standard InChI is InChI=1S/C37H38FN3O8/c1-40(2)26-16-24(28-8-7-21(49-28)17-41-11-9-18(10-12-41)22-5-3-4-6-25(22)38)32(43)30-23(26)14-19-13-20-15-27(42)31(36(39)47)35(46)37(20,48)34(45)29(19)33(30)44/h3-8,16,18-20,43-44,46,48H,9-15,17H2,1-2H3,(H2,39,47)/t19-,20+,37+/m1/s1. The van der Waals surface area contributed by atoms with Crippen LogP contribution in [0.15, 0.2) is 63.8 Å². The molecule has 4 aliphatic rings. The van der Waals surface area contributed by atoms with E-state index in [1.807, 2.05) is 37.2 Å². The van der Waals surface area contributed by atoms with Crippen LogP contribution in [0, 0.1) is 17.7 Å². The highest BCUT2D eigenvalue weighted by Gasteiger charge is 2.60. The molecule has 0 unspecified atom stereocenters. The van der Waals surface area contributed by atoms with Gasteiger partial charge in [0.2, 0.25) is 5.78 Å². The molecule has 12 heteroatoms. The summed E-state index contributed by atoms with van der Waals surface area (Å²) in [4.78, 5) is 42.6. The number of aromatic hydroxyl groups is 1. The van der Waals surface area contributed by atoms with Gasteiger partial charge in [0.05, 0.1) is 17.7 Å². The summed E-state index contributed by atoms with van der Waals surface area (Å²) >= 11 is 0. The van der Waals surface area contributed by atoms with Crippen molar-refractivity contribution in [3.8, 4) is 17.1 Å². The number of amides is 1. The van der Waals surface area contributed by atoms with E-state index < -0.39 is 52.0 Å². The van der Waals surface area contributed by atoms with Gasteiger partial charge in [-0.25, -0.2) is 4.39 Å². The minimum absolute atomic E-state index is 0.00139. The van der Waals surface area contributed by atoms with Gasteiger partial charge >= 0.3 is 0 Å². The number of carbonyl (C=O) groups excluding carboxylic acids is 3. The number of furan rings is 1. The van der Waals surface area contributed by atoms with E-state index in [0.29, 0.717) is 29.3 Å². The van der Waals surface area contributed by atoms with Crippen molar-refractivity contribution in [2.45, 2.75) is 50.2 Å². The highest BCUT2D eigenvalue weighted by molar-refractivity contribution is 6.22. The van der Waals surface area contributed by atoms with E-state index in [1.165, 1.54) is 6.07 Å². The van der Waals surface area contributed by atoms with Gasteiger partial charge in [-0.05, 0) is 86.0 Å². The molecule has 3 aromatic rings. The number of rotatable bonds is 6. The smallest absolute Gasteiger partial charge is 0.255 e. The van der Waals surface area contributed by atoms with Crippen LogP contribution in [0.4, 0.5) is 10.1 Å². The molecular weight excluding hydrogens is 633 g/mol. The average molecular weight is 672 g/mol. The van der Waals surface area contributed by atoms with E-state index in [0.717, 1.165) is 31.5 Å². The number of aliphatic hydroxyl groups excluding tert-OH is 2. The van der Waals surface area contributed by atoms with Gasteiger partial charge in [-0.3, -0.25) is 19.3 Å². The molecule has 0 spiro atoms. The van der Waals surface area contributed by atoms with Gasteiger partial charge < -0.3 is 35.5 Å². The number of phenols is 1. The van der Waals surface area contributed by atoms with Crippen LogP contribution < -0.4 is 10.6 Å². The number of benzene rings is 2. The summed E-state index contributed by atoms with van der Waals surface area (Å²) < 4.78 is 20.6. The third-order valence-corrected chi connectivity index (χ3v) is 10.8. The lowest BCUT2D eigenvalue weighted by Gasteiger charge is -2.46. The van der Waals surface area contributed by atoms with Crippen LogP contribution in [0.2, 0.25) is 0 Å². The molecule has 1 saturated carbocycles. The summed E-state index contributed by atoms with van der Waals surface area (Å²) in [6.45, 7) is 2.02. The van der Waals surface area contributed by atoms with Crippen molar-refractivity contribution in [1.29, 1.82) is 0 Å². The van der Waals surface area contributed by atoms with Gasteiger partial charge in [0.25, 0.3) is 5.91 Å². The molecule has 1 aromatic heterocycles. The number of carbonyl (C=O) groups is 3. The third-order valence-electron chi connectivity index (χ3n) is 10.8. The van der Waals surface area contributed by atoms with E-state index in [4.69, 9.17) is 10.2 Å². The highest BCUT2D eigenvalue weighted by atomic mass is 19.1. The zero-order valence-corrected chi connectivity index (χ0v) is 27.2. The third kappa shape index (κ3) is 5.12. The molecule has 3 aliphatic carbocycles. The maximum atomic E-state index is 14.3. The predicted molar refractivity (Wildman–Crippen MR) is 177 cm³/mol. The number of anilines is 1. The number of nitrogens with two attached hydrogens (primary N) is 1. The second-order valence-electron chi connectivity index (χ2n) is 13.8. The van der Waals surface area contributed by atoms with Crippen molar-refractivity contribution >= 4 is 28.9 Å². The zero-order chi connectivity index (χ0) is 34.9. The number of nitrogens with zero attached hydrogens (tertiary/aromatic N) is 2. The zero-order valence-electron chi connectivity index (χ0n) is 27.2. The van der Waals surface area contributed by atoms with Crippen molar-refractivity contribution in [2.24, 2.45) is 17.6 Å². The summed E-state index contributed by atoms with van der Waals surface area (Å²) in [5.41, 5.74) is 3.89. The molecule has 6 N–H and O–H groups in total. The predicted octanol–water partition coefficient (Wildman–Crippen LogP) is 4.27. The quantitative estimate of drug-likeness (QED) is 0.238. The Morgan fingerprint density at radius 1 is 1.06 bits per heavy atom. The Morgan fingerprint density at radius 2 is 1.78 bits per heavy atom. The van der Waals surface area contributed by atoms with Crippen LogP contribution in [0.1, 0.15) is 54.1 Å². The molecule has 1 amide bonds. The summed E-state index contributed by atoms with van der Waals surface area (Å²) in [5.74, 6) is -5.78. The number of fused-ring (bicyclic) bond motifs is 3. The molecule has 2 heterocycles. The molecule has 256 valence electrons. The van der Waals surface area contributed by atoms with E-state index in [2.05, 4.69) is 4.90 Å². The molecule has 0 bridgehead atoms. The van der Waals surface area contributed by atoms with Gasteiger partial charge in [-0.15, -0.1) is 0 Å². The Bertz CT molecular complexity index is 1970. The van der Waals surface area contributed by atoms with Crippen molar-refractivity contribution in [3.05, 3.63) is 87.6 Å². The minimum Gasteiger partial charge on any atom is -0.508 e. The van der Waals surface area contributed by atoms with Gasteiger partial charge in [0, 0.05) is 37.7 Å². The van der Waals surface area contributed by atoms with Gasteiger partial charge in [0.1, 0.15) is 40.2 Å². The van der Waals surface area contributed by atoms with Crippen molar-refractivity contribution in [2.75, 3.05) is 32.1 Å². The first-order chi connectivity index (χ1) is 23.3. The van der Waals surface area contributed by atoms with Crippen molar-refractivity contribution in [3.63, 3.8) is 0 Å². The first-order valence-corrected chi connectivity index (χ1v) is 16.4. The van der Waals surface area contributed by atoms with Crippen LogP contribution in [-0.2, 0) is 27.3 Å². The van der Waals surface area contributed by atoms with E-state index >= 15 is 0 Å². The lowest BCUT2D eigenvalue weighted by molar-refractivity contribution is -0.147. The number of aliphatic hydroxyl groups is 3. The number of hydrogen-bond donors (Lipinski definition) is 5. The van der Waals surface area contributed by atoms with Crippen LogP contribution in [-0.4, -0.2) is 75.6 Å². The van der Waals surface area contributed by atoms with Gasteiger partial charge in [-0.1, -0.05) is 18.2 Å². The molecule has 1 saturated heterocycles. The molecule has 2 fully saturated rings. The fraction of sp³-hybridized carbons (Fsp3) is 0.378. The van der Waals surface area contributed by atoms with Crippen LogP contribution >= 0.6 is 0 Å². The monoisotopic (exact) mass is 671 g/mol. The fourth-order valence-electron chi connectivity index (χ4n) is 8.29. The number of halogens is 1. The summed E-state index contributed by atoms with van der Waals surface area (Å²) in [6, 6.07) is 12.2. The van der Waals surface area contributed by atoms with Gasteiger partial charge in [-0.2, -0.15) is 0 Å². The topological polar surface area (TPSA) is 178 Å². The molecule has 0 radical (unpaired) electrons. The normalized spacial score (nSPS) is 24.5.